The van der Waals surface area contributed by atoms with Crippen LogP contribution >= 0.6 is 23.5 Å². The normalized spacial score (nSPS) is 11.3. The molecular formula is C28H50OS2. The third kappa shape index (κ3) is 14.5. The van der Waals surface area contributed by atoms with Gasteiger partial charge < -0.3 is 5.11 Å². The summed E-state index contributed by atoms with van der Waals surface area (Å²) in [6.45, 7) is 6.71. The van der Waals surface area contributed by atoms with Gasteiger partial charge in [-0.25, -0.2) is 0 Å². The fourth-order valence-corrected chi connectivity index (χ4v) is 5.94. The molecule has 0 fully saturated rings. The minimum Gasteiger partial charge on any atom is -0.507 e. The van der Waals surface area contributed by atoms with E-state index in [9.17, 15) is 5.11 Å². The van der Waals surface area contributed by atoms with E-state index in [1.165, 1.54) is 107 Å². The highest BCUT2D eigenvalue weighted by atomic mass is 32.2. The first-order valence-electron chi connectivity index (χ1n) is 13.2. The molecule has 0 bridgehead atoms. The van der Waals surface area contributed by atoms with Crippen molar-refractivity contribution < 1.29 is 5.11 Å². The predicted octanol–water partition coefficient (Wildman–Crippen LogP) is 9.92. The Kier molecular flexibility index (Phi) is 18.9. The van der Waals surface area contributed by atoms with Crippen molar-refractivity contribution >= 4 is 23.5 Å². The van der Waals surface area contributed by atoms with Crippen LogP contribution in [-0.2, 0) is 17.9 Å². The maximum absolute atomic E-state index is 10.6. The van der Waals surface area contributed by atoms with Crippen LogP contribution in [0.15, 0.2) is 12.1 Å². The number of hydrogen-bond donors (Lipinski definition) is 1. The zero-order valence-corrected chi connectivity index (χ0v) is 22.5. The van der Waals surface area contributed by atoms with Crippen LogP contribution in [0.25, 0.3) is 0 Å². The average molecular weight is 467 g/mol. The lowest BCUT2D eigenvalue weighted by molar-refractivity contribution is 0.464. The lowest BCUT2D eigenvalue weighted by Crippen LogP contribution is -1.94. The summed E-state index contributed by atoms with van der Waals surface area (Å²) in [6, 6.07) is 4.50. The van der Waals surface area contributed by atoms with Gasteiger partial charge in [-0.2, -0.15) is 23.5 Å². The van der Waals surface area contributed by atoms with E-state index >= 15 is 0 Å². The number of thioether (sulfide) groups is 2. The van der Waals surface area contributed by atoms with Crippen LogP contribution < -0.4 is 0 Å². The van der Waals surface area contributed by atoms with Gasteiger partial charge in [0.2, 0.25) is 0 Å². The van der Waals surface area contributed by atoms with Crippen LogP contribution in [0, 0.1) is 0 Å². The third-order valence-corrected chi connectivity index (χ3v) is 8.23. The summed E-state index contributed by atoms with van der Waals surface area (Å²) in [7, 11) is 0. The van der Waals surface area contributed by atoms with E-state index in [0.717, 1.165) is 29.1 Å². The maximum atomic E-state index is 10.6. The molecule has 31 heavy (non-hydrogen) atoms. The lowest BCUT2D eigenvalue weighted by Gasteiger charge is -2.12. The Morgan fingerprint density at radius 2 is 1.03 bits per heavy atom. The zero-order chi connectivity index (χ0) is 22.6. The minimum atomic E-state index is 0.551. The van der Waals surface area contributed by atoms with Crippen molar-refractivity contribution in [3.63, 3.8) is 0 Å². The number of phenols is 1. The molecule has 0 radical (unpaired) electrons. The number of benzene rings is 1. The van der Waals surface area contributed by atoms with Gasteiger partial charge in [-0.05, 0) is 41.9 Å². The second-order valence-electron chi connectivity index (χ2n) is 8.96. The van der Waals surface area contributed by atoms with Gasteiger partial charge in [-0.1, -0.05) is 110 Å². The van der Waals surface area contributed by atoms with Gasteiger partial charge in [0, 0.05) is 17.1 Å². The first-order valence-corrected chi connectivity index (χ1v) is 15.5. The van der Waals surface area contributed by atoms with E-state index in [4.69, 9.17) is 0 Å². The van der Waals surface area contributed by atoms with Gasteiger partial charge in [0.25, 0.3) is 0 Å². The summed E-state index contributed by atoms with van der Waals surface area (Å²) < 4.78 is 0. The van der Waals surface area contributed by atoms with E-state index in [0.29, 0.717) is 5.75 Å². The van der Waals surface area contributed by atoms with Crippen molar-refractivity contribution in [1.82, 2.24) is 0 Å². The maximum Gasteiger partial charge on any atom is 0.122 e. The molecule has 0 aromatic heterocycles. The molecule has 1 N–H and O–H groups in total. The summed E-state index contributed by atoms with van der Waals surface area (Å²) in [5.41, 5.74) is 3.67. The Hall–Kier alpha value is -0.280. The fraction of sp³-hybridized carbons (Fsp3) is 0.786. The van der Waals surface area contributed by atoms with Crippen molar-refractivity contribution in [3.05, 3.63) is 28.8 Å². The summed E-state index contributed by atoms with van der Waals surface area (Å²) in [6.07, 6.45) is 20.2. The summed E-state index contributed by atoms with van der Waals surface area (Å²) in [5, 5.41) is 10.6. The van der Waals surface area contributed by atoms with Crippen LogP contribution in [0.3, 0.4) is 0 Å². The van der Waals surface area contributed by atoms with Gasteiger partial charge in [-0.15, -0.1) is 0 Å². The van der Waals surface area contributed by atoms with E-state index in [2.05, 4.69) is 44.7 Å². The molecule has 0 atom stereocenters. The molecule has 0 aliphatic carbocycles. The highest BCUT2D eigenvalue weighted by Crippen LogP contribution is 2.30. The fourth-order valence-electron chi connectivity index (χ4n) is 3.99. The van der Waals surface area contributed by atoms with Crippen LogP contribution in [0.4, 0.5) is 0 Å². The molecule has 0 aliphatic rings. The quantitative estimate of drug-likeness (QED) is 0.182. The number of hydrogen-bond acceptors (Lipinski definition) is 3. The van der Waals surface area contributed by atoms with Crippen molar-refractivity contribution in [1.29, 1.82) is 0 Å². The van der Waals surface area contributed by atoms with Crippen molar-refractivity contribution in [2.75, 3.05) is 11.5 Å². The largest absolute Gasteiger partial charge is 0.507 e. The second-order valence-corrected chi connectivity index (χ2v) is 11.2. The first-order chi connectivity index (χ1) is 15.2. The van der Waals surface area contributed by atoms with E-state index < -0.39 is 0 Å². The lowest BCUT2D eigenvalue weighted by atomic mass is 10.0. The number of rotatable bonds is 21. The molecule has 1 aromatic carbocycles. The van der Waals surface area contributed by atoms with E-state index in [1.807, 2.05) is 11.8 Å². The van der Waals surface area contributed by atoms with Crippen molar-refractivity contribution in [2.45, 2.75) is 129 Å². The van der Waals surface area contributed by atoms with Crippen LogP contribution in [0.2, 0.25) is 0 Å². The molecule has 0 amide bonds. The Balaban J connectivity index is 2.28. The van der Waals surface area contributed by atoms with Gasteiger partial charge >= 0.3 is 0 Å². The zero-order valence-electron chi connectivity index (χ0n) is 20.9. The SMILES string of the molecule is CCCCCCCCCSCc1cc(CC)c(O)c(CSCCCCCCCCC)c1. The highest BCUT2D eigenvalue weighted by Gasteiger charge is 2.09. The molecule has 3 heteroatoms. The number of unbranched alkanes of at least 4 members (excludes halogenated alkanes) is 12. The molecule has 0 spiro atoms. The Morgan fingerprint density at radius 3 is 1.55 bits per heavy atom. The molecule has 180 valence electrons. The molecule has 0 saturated carbocycles. The van der Waals surface area contributed by atoms with Crippen LogP contribution in [0.5, 0.6) is 5.75 Å². The highest BCUT2D eigenvalue weighted by molar-refractivity contribution is 7.98. The van der Waals surface area contributed by atoms with Gasteiger partial charge in [-0.3, -0.25) is 0 Å². The van der Waals surface area contributed by atoms with Gasteiger partial charge in [0.15, 0.2) is 0 Å². The second kappa shape index (κ2) is 20.3. The first kappa shape index (κ1) is 28.8. The van der Waals surface area contributed by atoms with Gasteiger partial charge in [0.1, 0.15) is 5.75 Å². The molecule has 0 heterocycles. The smallest absolute Gasteiger partial charge is 0.122 e. The van der Waals surface area contributed by atoms with Crippen molar-refractivity contribution in [2.24, 2.45) is 0 Å². The third-order valence-electron chi connectivity index (χ3n) is 6.02. The Labute approximate surface area is 203 Å². The molecular weight excluding hydrogens is 416 g/mol. The molecule has 1 nitrogen and oxygen atoms in total. The average Bonchev–Trinajstić information content (AvgIpc) is 2.78. The summed E-state index contributed by atoms with van der Waals surface area (Å²) in [5.74, 6) is 5.06. The molecule has 1 aromatic rings. The molecule has 0 unspecified atom stereocenters. The number of aryl methyl sites for hydroxylation is 1. The van der Waals surface area contributed by atoms with Crippen LogP contribution in [0.1, 0.15) is 127 Å². The Bertz CT molecular complexity index is 544. The Morgan fingerprint density at radius 1 is 0.581 bits per heavy atom. The minimum absolute atomic E-state index is 0.551. The molecule has 0 aliphatic heterocycles. The predicted molar refractivity (Wildman–Crippen MR) is 146 cm³/mol. The van der Waals surface area contributed by atoms with Gasteiger partial charge in [0.05, 0.1) is 0 Å². The summed E-state index contributed by atoms with van der Waals surface area (Å²) in [4.78, 5) is 0. The van der Waals surface area contributed by atoms with E-state index in [1.54, 1.807) is 0 Å². The monoisotopic (exact) mass is 466 g/mol. The van der Waals surface area contributed by atoms with E-state index in [-0.39, 0.29) is 0 Å². The summed E-state index contributed by atoms with van der Waals surface area (Å²) >= 11 is 4.06. The van der Waals surface area contributed by atoms with Crippen LogP contribution in [-0.4, -0.2) is 16.6 Å². The number of aromatic hydroxyl groups is 1. The topological polar surface area (TPSA) is 20.2 Å². The number of phenolic OH excluding ortho intramolecular Hbond substituents is 1. The molecule has 0 saturated heterocycles. The standard InChI is InChI=1S/C28H50OS2/c1-4-7-9-11-13-15-17-19-30-23-25-21-26(6-3)28(29)27(22-25)24-31-20-18-16-14-12-10-8-5-2/h21-22,29H,4-20,23-24H2,1-3H3. The van der Waals surface area contributed by atoms with Crippen molar-refractivity contribution in [3.8, 4) is 5.75 Å². The molecule has 1 rings (SSSR count).